The summed E-state index contributed by atoms with van der Waals surface area (Å²) < 4.78 is 16.0. The molecular weight excluding hydrogens is 292 g/mol. The van der Waals surface area contributed by atoms with Gasteiger partial charge < -0.3 is 34.6 Å². The lowest BCUT2D eigenvalue weighted by atomic mass is 9.99. The molecule has 2 rings (SSSR count). The molecule has 0 radical (unpaired) electrons. The highest BCUT2D eigenvalue weighted by molar-refractivity contribution is 5.54. The molecule has 0 unspecified atom stereocenters. The Hall–Kier alpha value is -1.64. The molecule has 7 nitrogen and oxygen atoms in total. The number of ether oxygens (including phenoxy) is 3. The first-order valence-electron chi connectivity index (χ1n) is 6.79. The molecule has 0 saturated carbocycles. The predicted molar refractivity (Wildman–Crippen MR) is 77.5 cm³/mol. The third kappa shape index (κ3) is 3.23. The van der Waals surface area contributed by atoms with Crippen LogP contribution in [0.2, 0.25) is 0 Å². The van der Waals surface area contributed by atoms with Crippen LogP contribution in [0, 0.1) is 0 Å². The summed E-state index contributed by atoms with van der Waals surface area (Å²) in [5.74, 6) is 0.687. The van der Waals surface area contributed by atoms with Gasteiger partial charge in [0.05, 0.1) is 13.7 Å². The molecule has 7 heteroatoms. The Morgan fingerprint density at radius 2 is 1.91 bits per heavy atom. The quantitative estimate of drug-likeness (QED) is 0.581. The van der Waals surface area contributed by atoms with E-state index in [-0.39, 0.29) is 5.75 Å². The van der Waals surface area contributed by atoms with E-state index in [1.54, 1.807) is 24.3 Å². The van der Waals surface area contributed by atoms with Gasteiger partial charge >= 0.3 is 0 Å². The molecule has 1 heterocycles. The summed E-state index contributed by atoms with van der Waals surface area (Å²) in [4.78, 5) is 0. The average Bonchev–Trinajstić information content (AvgIpc) is 2.55. The van der Waals surface area contributed by atoms with Crippen LogP contribution in [0.1, 0.15) is 5.56 Å². The lowest BCUT2D eigenvalue weighted by Gasteiger charge is -2.39. The second-order valence-electron chi connectivity index (χ2n) is 4.93. The Morgan fingerprint density at radius 3 is 2.50 bits per heavy atom. The highest BCUT2D eigenvalue weighted by atomic mass is 16.7. The van der Waals surface area contributed by atoms with Crippen molar-refractivity contribution in [2.24, 2.45) is 0 Å². The Morgan fingerprint density at radius 1 is 1.18 bits per heavy atom. The van der Waals surface area contributed by atoms with Crippen LogP contribution in [0.5, 0.6) is 11.5 Å². The number of methoxy groups -OCH3 is 1. The third-order valence-electron chi connectivity index (χ3n) is 3.51. The first-order chi connectivity index (χ1) is 10.5. The van der Waals surface area contributed by atoms with E-state index >= 15 is 0 Å². The maximum atomic E-state index is 9.95. The van der Waals surface area contributed by atoms with Gasteiger partial charge in [0.2, 0.25) is 6.29 Å². The van der Waals surface area contributed by atoms with Crippen LogP contribution in [-0.2, 0) is 4.74 Å². The molecule has 1 aromatic carbocycles. The average molecular weight is 312 g/mol. The lowest BCUT2D eigenvalue weighted by molar-refractivity contribution is -0.277. The van der Waals surface area contributed by atoms with Crippen LogP contribution in [0.15, 0.2) is 24.8 Å². The van der Waals surface area contributed by atoms with Gasteiger partial charge in [-0.25, -0.2) is 0 Å². The van der Waals surface area contributed by atoms with Crippen molar-refractivity contribution in [1.29, 1.82) is 0 Å². The minimum Gasteiger partial charge on any atom is -0.493 e. The molecule has 122 valence electrons. The molecule has 0 bridgehead atoms. The molecule has 1 saturated heterocycles. The molecular formula is C15H20O7. The van der Waals surface area contributed by atoms with E-state index in [0.29, 0.717) is 5.75 Å². The predicted octanol–water partition coefficient (Wildman–Crippen LogP) is -0.483. The zero-order valence-electron chi connectivity index (χ0n) is 12.1. The van der Waals surface area contributed by atoms with Crippen molar-refractivity contribution in [1.82, 2.24) is 0 Å². The number of rotatable bonds is 5. The van der Waals surface area contributed by atoms with Gasteiger partial charge in [-0.1, -0.05) is 18.7 Å². The molecule has 1 aliphatic heterocycles. The molecule has 0 spiro atoms. The van der Waals surface area contributed by atoms with Crippen molar-refractivity contribution in [2.75, 3.05) is 13.7 Å². The standard InChI is InChI=1S/C15H20O7/c1-3-8-4-5-9(10(6-8)20-2)21-15-14(19)13(18)12(17)11(7-16)22-15/h3-6,11-19H,1,7H2,2H3/t11-,12-,13+,14-,15-/m1/s1. The van der Waals surface area contributed by atoms with Crippen molar-refractivity contribution in [3.63, 3.8) is 0 Å². The fraction of sp³-hybridized carbons (Fsp3) is 0.467. The Labute approximate surface area is 128 Å². The maximum Gasteiger partial charge on any atom is 0.229 e. The van der Waals surface area contributed by atoms with E-state index in [0.717, 1.165) is 5.56 Å². The molecule has 0 aliphatic carbocycles. The van der Waals surface area contributed by atoms with E-state index in [9.17, 15) is 15.3 Å². The van der Waals surface area contributed by atoms with E-state index in [2.05, 4.69) is 6.58 Å². The van der Waals surface area contributed by atoms with Gasteiger partial charge in [-0.2, -0.15) is 0 Å². The summed E-state index contributed by atoms with van der Waals surface area (Å²) in [7, 11) is 1.46. The Bertz CT molecular complexity index is 517. The largest absolute Gasteiger partial charge is 0.493 e. The van der Waals surface area contributed by atoms with Crippen LogP contribution >= 0.6 is 0 Å². The van der Waals surface area contributed by atoms with Gasteiger partial charge in [0.1, 0.15) is 24.4 Å². The smallest absolute Gasteiger partial charge is 0.229 e. The highest BCUT2D eigenvalue weighted by Gasteiger charge is 2.44. The van der Waals surface area contributed by atoms with Crippen molar-refractivity contribution in [3.8, 4) is 11.5 Å². The van der Waals surface area contributed by atoms with Crippen LogP contribution in [-0.4, -0.2) is 64.8 Å². The maximum absolute atomic E-state index is 9.95. The zero-order chi connectivity index (χ0) is 16.3. The SMILES string of the molecule is C=Cc1ccc(O[C@@H]2O[C@H](CO)[C@@H](O)[C@H](O)[C@H]2O)c(OC)c1. The second-order valence-corrected chi connectivity index (χ2v) is 4.93. The molecule has 1 aliphatic rings. The topological polar surface area (TPSA) is 109 Å². The fourth-order valence-corrected chi connectivity index (χ4v) is 2.20. The van der Waals surface area contributed by atoms with Crippen molar-refractivity contribution < 1.29 is 34.6 Å². The zero-order valence-corrected chi connectivity index (χ0v) is 12.1. The van der Waals surface area contributed by atoms with Crippen LogP contribution in [0.4, 0.5) is 0 Å². The number of aliphatic hydroxyl groups excluding tert-OH is 4. The van der Waals surface area contributed by atoms with E-state index in [1.807, 2.05) is 0 Å². The van der Waals surface area contributed by atoms with Gasteiger partial charge in [-0.3, -0.25) is 0 Å². The highest BCUT2D eigenvalue weighted by Crippen LogP contribution is 2.32. The summed E-state index contributed by atoms with van der Waals surface area (Å²) in [6, 6.07) is 5.03. The fourth-order valence-electron chi connectivity index (χ4n) is 2.20. The number of hydrogen-bond acceptors (Lipinski definition) is 7. The lowest BCUT2D eigenvalue weighted by Crippen LogP contribution is -2.60. The Kier molecular flexibility index (Phi) is 5.38. The van der Waals surface area contributed by atoms with Crippen LogP contribution in [0.3, 0.4) is 0 Å². The summed E-state index contributed by atoms with van der Waals surface area (Å²) in [6.07, 6.45) is -5.03. The van der Waals surface area contributed by atoms with Crippen molar-refractivity contribution in [3.05, 3.63) is 30.3 Å². The minimum absolute atomic E-state index is 0.289. The van der Waals surface area contributed by atoms with Gasteiger partial charge in [0.25, 0.3) is 0 Å². The van der Waals surface area contributed by atoms with Gasteiger partial charge in [-0.05, 0) is 17.7 Å². The number of benzene rings is 1. The Balaban J connectivity index is 2.20. The number of hydrogen-bond donors (Lipinski definition) is 4. The van der Waals surface area contributed by atoms with Crippen molar-refractivity contribution >= 4 is 6.08 Å². The minimum atomic E-state index is -1.49. The van der Waals surface area contributed by atoms with Gasteiger partial charge in [0, 0.05) is 0 Å². The van der Waals surface area contributed by atoms with Crippen LogP contribution in [0.25, 0.3) is 6.08 Å². The molecule has 1 fully saturated rings. The molecule has 0 aromatic heterocycles. The molecule has 4 N–H and O–H groups in total. The van der Waals surface area contributed by atoms with E-state index in [4.69, 9.17) is 19.3 Å². The normalized spacial score (nSPS) is 31.6. The second kappa shape index (κ2) is 7.08. The molecule has 22 heavy (non-hydrogen) atoms. The van der Waals surface area contributed by atoms with Gasteiger partial charge in [0.15, 0.2) is 11.5 Å². The monoisotopic (exact) mass is 312 g/mol. The third-order valence-corrected chi connectivity index (χ3v) is 3.51. The first kappa shape index (κ1) is 16.7. The van der Waals surface area contributed by atoms with Crippen LogP contribution < -0.4 is 9.47 Å². The van der Waals surface area contributed by atoms with E-state index in [1.165, 1.54) is 7.11 Å². The first-order valence-corrected chi connectivity index (χ1v) is 6.79. The number of aliphatic hydroxyl groups is 4. The summed E-state index contributed by atoms with van der Waals surface area (Å²) in [6.45, 7) is 3.14. The summed E-state index contributed by atoms with van der Waals surface area (Å²) in [5.41, 5.74) is 0.818. The molecule has 1 aromatic rings. The molecule has 0 amide bonds. The molecule has 5 atom stereocenters. The van der Waals surface area contributed by atoms with Gasteiger partial charge in [-0.15, -0.1) is 0 Å². The van der Waals surface area contributed by atoms with Crippen molar-refractivity contribution in [2.45, 2.75) is 30.7 Å². The van der Waals surface area contributed by atoms with E-state index < -0.39 is 37.3 Å². The summed E-state index contributed by atoms with van der Waals surface area (Å²) in [5, 5.41) is 38.6. The summed E-state index contributed by atoms with van der Waals surface area (Å²) >= 11 is 0.